The van der Waals surface area contributed by atoms with E-state index >= 15 is 0 Å². The third-order valence-corrected chi connectivity index (χ3v) is 4.81. The summed E-state index contributed by atoms with van der Waals surface area (Å²) in [5.41, 5.74) is 7.33. The lowest BCUT2D eigenvalue weighted by Crippen LogP contribution is -2.39. The lowest BCUT2D eigenvalue weighted by atomic mass is 9.85. The van der Waals surface area contributed by atoms with Gasteiger partial charge in [0.05, 0.1) is 13.2 Å². The molecular formula is C19H21ClFNO2. The number of hydrogen-bond acceptors (Lipinski definition) is 3. The van der Waals surface area contributed by atoms with Gasteiger partial charge in [0.15, 0.2) is 11.6 Å². The zero-order valence-electron chi connectivity index (χ0n) is 13.6. The predicted octanol–water partition coefficient (Wildman–Crippen LogP) is 4.71. The van der Waals surface area contributed by atoms with Gasteiger partial charge in [0.1, 0.15) is 5.60 Å². The maximum atomic E-state index is 14.2. The Hall–Kier alpha value is -1.78. The Labute approximate surface area is 146 Å². The highest BCUT2D eigenvalue weighted by Gasteiger charge is 2.39. The smallest absolute Gasteiger partial charge is 0.167 e. The SMILES string of the molecule is CCc1ccc(C2(Oc3ccc(N)cc3F)CCOCC2)c(Cl)c1. The van der Waals surface area contributed by atoms with Crippen LogP contribution in [0.4, 0.5) is 10.1 Å². The average Bonchev–Trinajstić information content (AvgIpc) is 2.58. The molecule has 3 rings (SSSR count). The standard InChI is InChI=1S/C19H21ClFNO2/c1-2-13-3-5-15(16(20)11-13)19(7-9-23-10-8-19)24-18-6-4-14(22)12-17(18)21/h3-6,11-12H,2,7-10,22H2,1H3. The fourth-order valence-corrected chi connectivity index (χ4v) is 3.46. The molecule has 0 aromatic heterocycles. The summed E-state index contributed by atoms with van der Waals surface area (Å²) < 4.78 is 25.9. The van der Waals surface area contributed by atoms with Crippen LogP contribution in [0.5, 0.6) is 5.75 Å². The molecule has 0 atom stereocenters. The van der Waals surface area contributed by atoms with Gasteiger partial charge in [0.25, 0.3) is 0 Å². The first-order valence-corrected chi connectivity index (χ1v) is 8.52. The molecule has 2 N–H and O–H groups in total. The van der Waals surface area contributed by atoms with Crippen LogP contribution < -0.4 is 10.5 Å². The highest BCUT2D eigenvalue weighted by Crippen LogP contribution is 2.41. The van der Waals surface area contributed by atoms with Gasteiger partial charge in [-0.25, -0.2) is 4.39 Å². The Morgan fingerprint density at radius 2 is 1.96 bits per heavy atom. The summed E-state index contributed by atoms with van der Waals surface area (Å²) in [6.07, 6.45) is 2.13. The molecule has 1 saturated heterocycles. The molecule has 1 heterocycles. The normalized spacial score (nSPS) is 16.8. The van der Waals surface area contributed by atoms with E-state index in [4.69, 9.17) is 26.8 Å². The van der Waals surface area contributed by atoms with Crippen molar-refractivity contribution in [1.29, 1.82) is 0 Å². The van der Waals surface area contributed by atoms with Crippen LogP contribution in [0.25, 0.3) is 0 Å². The van der Waals surface area contributed by atoms with Gasteiger partial charge in [0, 0.05) is 35.2 Å². The van der Waals surface area contributed by atoms with Crippen LogP contribution in [-0.4, -0.2) is 13.2 Å². The summed E-state index contributed by atoms with van der Waals surface area (Å²) in [7, 11) is 0. The fraction of sp³-hybridized carbons (Fsp3) is 0.368. The third-order valence-electron chi connectivity index (χ3n) is 4.49. The van der Waals surface area contributed by atoms with Gasteiger partial charge in [-0.2, -0.15) is 0 Å². The molecule has 0 saturated carbocycles. The van der Waals surface area contributed by atoms with Crippen LogP contribution >= 0.6 is 11.6 Å². The topological polar surface area (TPSA) is 44.5 Å². The largest absolute Gasteiger partial charge is 0.479 e. The summed E-state index contributed by atoms with van der Waals surface area (Å²) in [5, 5.41) is 0.645. The van der Waals surface area contributed by atoms with Gasteiger partial charge in [-0.1, -0.05) is 30.7 Å². The van der Waals surface area contributed by atoms with Crippen molar-refractivity contribution < 1.29 is 13.9 Å². The van der Waals surface area contributed by atoms with Crippen LogP contribution in [0.15, 0.2) is 36.4 Å². The number of nitrogen functional groups attached to an aromatic ring is 1. The van der Waals surface area contributed by atoms with Crippen molar-refractivity contribution in [2.24, 2.45) is 0 Å². The minimum absolute atomic E-state index is 0.182. The molecule has 128 valence electrons. The summed E-state index contributed by atoms with van der Waals surface area (Å²) >= 11 is 6.53. The van der Waals surface area contributed by atoms with Crippen molar-refractivity contribution in [3.05, 3.63) is 58.4 Å². The lowest BCUT2D eigenvalue weighted by Gasteiger charge is -2.38. The molecule has 0 amide bonds. The van der Waals surface area contributed by atoms with Gasteiger partial charge >= 0.3 is 0 Å². The maximum Gasteiger partial charge on any atom is 0.167 e. The lowest BCUT2D eigenvalue weighted by molar-refractivity contribution is -0.0517. The number of ether oxygens (including phenoxy) is 2. The van der Waals surface area contributed by atoms with Gasteiger partial charge in [-0.05, 0) is 30.2 Å². The number of anilines is 1. The number of aryl methyl sites for hydroxylation is 1. The summed E-state index contributed by atoms with van der Waals surface area (Å²) in [6.45, 7) is 3.17. The van der Waals surface area contributed by atoms with Crippen molar-refractivity contribution in [1.82, 2.24) is 0 Å². The molecule has 2 aromatic carbocycles. The van der Waals surface area contributed by atoms with E-state index in [-0.39, 0.29) is 5.75 Å². The monoisotopic (exact) mass is 349 g/mol. The molecule has 5 heteroatoms. The quantitative estimate of drug-likeness (QED) is 0.813. The van der Waals surface area contributed by atoms with Gasteiger partial charge in [-0.15, -0.1) is 0 Å². The van der Waals surface area contributed by atoms with E-state index in [1.165, 1.54) is 6.07 Å². The van der Waals surface area contributed by atoms with Crippen molar-refractivity contribution in [3.8, 4) is 5.75 Å². The predicted molar refractivity (Wildman–Crippen MR) is 94.0 cm³/mol. The number of benzene rings is 2. The zero-order chi connectivity index (χ0) is 17.2. The van der Waals surface area contributed by atoms with Crippen LogP contribution in [-0.2, 0) is 16.8 Å². The van der Waals surface area contributed by atoms with E-state index in [2.05, 4.69) is 6.92 Å². The van der Waals surface area contributed by atoms with Crippen LogP contribution in [0.1, 0.15) is 30.9 Å². The maximum absolute atomic E-state index is 14.2. The molecule has 0 spiro atoms. The van der Waals surface area contributed by atoms with E-state index in [0.717, 1.165) is 17.5 Å². The number of rotatable bonds is 4. The molecule has 0 unspecified atom stereocenters. The second-order valence-corrected chi connectivity index (χ2v) is 6.47. The highest BCUT2D eigenvalue weighted by molar-refractivity contribution is 6.31. The molecule has 2 aromatic rings. The first-order valence-electron chi connectivity index (χ1n) is 8.15. The minimum atomic E-state index is -0.696. The average molecular weight is 350 g/mol. The van der Waals surface area contributed by atoms with E-state index in [1.54, 1.807) is 12.1 Å². The second-order valence-electron chi connectivity index (χ2n) is 6.07. The van der Waals surface area contributed by atoms with Crippen molar-refractivity contribution in [3.63, 3.8) is 0 Å². The molecule has 0 bridgehead atoms. The Morgan fingerprint density at radius 3 is 2.58 bits per heavy atom. The Balaban J connectivity index is 2.01. The molecule has 1 fully saturated rings. The van der Waals surface area contributed by atoms with Crippen molar-refractivity contribution in [2.75, 3.05) is 18.9 Å². The first-order chi connectivity index (χ1) is 11.5. The first kappa shape index (κ1) is 17.1. The molecule has 24 heavy (non-hydrogen) atoms. The Morgan fingerprint density at radius 1 is 1.21 bits per heavy atom. The number of halogens is 2. The molecule has 3 nitrogen and oxygen atoms in total. The van der Waals surface area contributed by atoms with Gasteiger partial charge in [0.2, 0.25) is 0 Å². The second kappa shape index (κ2) is 6.99. The van der Waals surface area contributed by atoms with Crippen molar-refractivity contribution >= 4 is 17.3 Å². The highest BCUT2D eigenvalue weighted by atomic mass is 35.5. The van der Waals surface area contributed by atoms with E-state index in [9.17, 15) is 4.39 Å². The number of nitrogens with two attached hydrogens (primary N) is 1. The van der Waals surface area contributed by atoms with Crippen molar-refractivity contribution in [2.45, 2.75) is 31.8 Å². The number of hydrogen-bond donors (Lipinski definition) is 1. The fourth-order valence-electron chi connectivity index (χ4n) is 3.09. The zero-order valence-corrected chi connectivity index (χ0v) is 14.4. The van der Waals surface area contributed by atoms with Gasteiger partial charge < -0.3 is 15.2 Å². The Kier molecular flexibility index (Phi) is 4.97. The molecule has 1 aliphatic heterocycles. The van der Waals surface area contributed by atoms with Gasteiger partial charge in [-0.3, -0.25) is 0 Å². The van der Waals surface area contributed by atoms with Crippen LogP contribution in [0.3, 0.4) is 0 Å². The van der Waals surface area contributed by atoms with E-state index in [1.807, 2.05) is 18.2 Å². The molecule has 1 aliphatic rings. The molecule has 0 aliphatic carbocycles. The summed E-state index contributed by atoms with van der Waals surface area (Å²) in [6, 6.07) is 10.5. The van der Waals surface area contributed by atoms with E-state index in [0.29, 0.717) is 36.8 Å². The van der Waals surface area contributed by atoms with Crippen LogP contribution in [0, 0.1) is 5.82 Å². The van der Waals surface area contributed by atoms with E-state index < -0.39 is 11.4 Å². The Bertz CT molecular complexity index is 729. The third kappa shape index (κ3) is 3.35. The molecule has 0 radical (unpaired) electrons. The van der Waals surface area contributed by atoms with Crippen LogP contribution in [0.2, 0.25) is 5.02 Å². The summed E-state index contributed by atoms with van der Waals surface area (Å²) in [4.78, 5) is 0. The summed E-state index contributed by atoms with van der Waals surface area (Å²) in [5.74, 6) is -0.288. The minimum Gasteiger partial charge on any atom is -0.479 e. The molecular weight excluding hydrogens is 329 g/mol.